The summed E-state index contributed by atoms with van der Waals surface area (Å²) < 4.78 is 4.43. The first-order valence-corrected chi connectivity index (χ1v) is 4.58. The molecule has 4 nitrogen and oxygen atoms in total. The third-order valence-electron chi connectivity index (χ3n) is 1.94. The first-order valence-electron chi connectivity index (χ1n) is 4.58. The number of carbonyl (C=O) groups excluding carboxylic acids is 1. The van der Waals surface area contributed by atoms with Crippen molar-refractivity contribution in [1.29, 1.82) is 0 Å². The third-order valence-corrected chi connectivity index (χ3v) is 1.94. The molecule has 0 aliphatic heterocycles. The summed E-state index contributed by atoms with van der Waals surface area (Å²) in [6.45, 7) is 4.53. The van der Waals surface area contributed by atoms with E-state index in [0.29, 0.717) is 12.6 Å². The van der Waals surface area contributed by atoms with Crippen LogP contribution in [0.4, 0.5) is 0 Å². The SMILES string of the molecule is CCC(C)NCC(O)CC(=O)OC. The maximum atomic E-state index is 10.7. The Hall–Kier alpha value is -0.610. The second kappa shape index (κ2) is 6.86. The Morgan fingerprint density at radius 2 is 2.23 bits per heavy atom. The average molecular weight is 189 g/mol. The van der Waals surface area contributed by atoms with Crippen molar-refractivity contribution in [2.45, 2.75) is 38.8 Å². The molecule has 0 radical (unpaired) electrons. The van der Waals surface area contributed by atoms with Crippen LogP contribution in [0.25, 0.3) is 0 Å². The van der Waals surface area contributed by atoms with Gasteiger partial charge in [-0.25, -0.2) is 0 Å². The van der Waals surface area contributed by atoms with Gasteiger partial charge in [0.05, 0.1) is 19.6 Å². The normalized spacial score (nSPS) is 15.1. The van der Waals surface area contributed by atoms with Gasteiger partial charge in [0, 0.05) is 12.6 Å². The highest BCUT2D eigenvalue weighted by Gasteiger charge is 2.11. The van der Waals surface area contributed by atoms with E-state index in [0.717, 1.165) is 6.42 Å². The molecular weight excluding hydrogens is 170 g/mol. The second-order valence-corrected chi connectivity index (χ2v) is 3.15. The minimum Gasteiger partial charge on any atom is -0.469 e. The molecular formula is C9H19NO3. The largest absolute Gasteiger partial charge is 0.469 e. The number of hydrogen-bond acceptors (Lipinski definition) is 4. The van der Waals surface area contributed by atoms with Crippen molar-refractivity contribution in [2.24, 2.45) is 0 Å². The third kappa shape index (κ3) is 6.54. The fourth-order valence-corrected chi connectivity index (χ4v) is 0.829. The lowest BCUT2D eigenvalue weighted by Crippen LogP contribution is -2.34. The van der Waals surface area contributed by atoms with Crippen LogP contribution in [0.2, 0.25) is 0 Å². The van der Waals surface area contributed by atoms with Crippen LogP contribution in [0.5, 0.6) is 0 Å². The summed E-state index contributed by atoms with van der Waals surface area (Å²) in [5.74, 6) is -0.376. The molecule has 2 atom stereocenters. The zero-order valence-corrected chi connectivity index (χ0v) is 8.54. The van der Waals surface area contributed by atoms with Crippen LogP contribution in [0.3, 0.4) is 0 Å². The van der Waals surface area contributed by atoms with Crippen molar-refractivity contribution < 1.29 is 14.6 Å². The van der Waals surface area contributed by atoms with Gasteiger partial charge in [-0.3, -0.25) is 4.79 Å². The standard InChI is InChI=1S/C9H19NO3/c1-4-7(2)10-6-8(11)5-9(12)13-3/h7-8,10-11H,4-6H2,1-3H3. The van der Waals surface area contributed by atoms with Gasteiger partial charge in [-0.05, 0) is 13.3 Å². The minimum atomic E-state index is -0.651. The monoisotopic (exact) mass is 189 g/mol. The zero-order valence-electron chi connectivity index (χ0n) is 8.54. The van der Waals surface area contributed by atoms with Crippen molar-refractivity contribution in [1.82, 2.24) is 5.32 Å². The van der Waals surface area contributed by atoms with Gasteiger partial charge < -0.3 is 15.2 Å². The van der Waals surface area contributed by atoms with E-state index < -0.39 is 6.10 Å². The van der Waals surface area contributed by atoms with E-state index in [1.807, 2.05) is 6.92 Å². The van der Waals surface area contributed by atoms with E-state index >= 15 is 0 Å². The molecule has 78 valence electrons. The molecule has 0 aromatic rings. The summed E-state index contributed by atoms with van der Waals surface area (Å²) in [6.07, 6.45) is 0.409. The van der Waals surface area contributed by atoms with Crippen LogP contribution in [-0.2, 0) is 9.53 Å². The van der Waals surface area contributed by atoms with E-state index in [1.165, 1.54) is 7.11 Å². The van der Waals surface area contributed by atoms with Crippen molar-refractivity contribution in [3.63, 3.8) is 0 Å². The predicted octanol–water partition coefficient (Wildman–Crippen LogP) is 0.298. The number of methoxy groups -OCH3 is 1. The Labute approximate surface area is 79.3 Å². The van der Waals surface area contributed by atoms with Gasteiger partial charge in [-0.15, -0.1) is 0 Å². The van der Waals surface area contributed by atoms with Crippen LogP contribution >= 0.6 is 0 Å². The topological polar surface area (TPSA) is 58.6 Å². The van der Waals surface area contributed by atoms with E-state index in [2.05, 4.69) is 17.0 Å². The van der Waals surface area contributed by atoms with Crippen LogP contribution < -0.4 is 5.32 Å². The van der Waals surface area contributed by atoms with Crippen LogP contribution in [0.15, 0.2) is 0 Å². The maximum Gasteiger partial charge on any atom is 0.308 e. The molecule has 0 heterocycles. The Morgan fingerprint density at radius 3 is 2.69 bits per heavy atom. The molecule has 0 amide bonds. The summed E-state index contributed by atoms with van der Waals surface area (Å²) >= 11 is 0. The lowest BCUT2D eigenvalue weighted by molar-refractivity contribution is -0.142. The number of carbonyl (C=O) groups is 1. The lowest BCUT2D eigenvalue weighted by Gasteiger charge is -2.14. The lowest BCUT2D eigenvalue weighted by atomic mass is 10.2. The molecule has 0 saturated carbocycles. The Balaban J connectivity index is 3.50. The van der Waals surface area contributed by atoms with E-state index in [4.69, 9.17) is 0 Å². The van der Waals surface area contributed by atoms with Crippen LogP contribution in [-0.4, -0.2) is 36.9 Å². The van der Waals surface area contributed by atoms with Gasteiger partial charge in [0.25, 0.3) is 0 Å². The Bertz CT molecular complexity index is 150. The van der Waals surface area contributed by atoms with Crippen LogP contribution in [0, 0.1) is 0 Å². The molecule has 13 heavy (non-hydrogen) atoms. The Kier molecular flexibility index (Phi) is 6.54. The number of rotatable bonds is 6. The van der Waals surface area contributed by atoms with Gasteiger partial charge in [0.15, 0.2) is 0 Å². The summed E-state index contributed by atoms with van der Waals surface area (Å²) in [6, 6.07) is 0.368. The minimum absolute atomic E-state index is 0.0555. The van der Waals surface area contributed by atoms with Gasteiger partial charge in [0.1, 0.15) is 0 Å². The van der Waals surface area contributed by atoms with Gasteiger partial charge >= 0.3 is 5.97 Å². The fraction of sp³-hybridized carbons (Fsp3) is 0.889. The highest BCUT2D eigenvalue weighted by Crippen LogP contribution is 1.94. The zero-order chi connectivity index (χ0) is 10.3. The number of esters is 1. The molecule has 0 spiro atoms. The number of hydrogen-bond donors (Lipinski definition) is 2. The smallest absolute Gasteiger partial charge is 0.308 e. The fourth-order valence-electron chi connectivity index (χ4n) is 0.829. The van der Waals surface area contributed by atoms with Crippen molar-refractivity contribution in [3.8, 4) is 0 Å². The summed E-state index contributed by atoms with van der Waals surface area (Å²) in [7, 11) is 1.32. The average Bonchev–Trinajstić information content (AvgIpc) is 2.13. The molecule has 0 rings (SSSR count). The van der Waals surface area contributed by atoms with Crippen LogP contribution in [0.1, 0.15) is 26.7 Å². The molecule has 2 unspecified atom stereocenters. The highest BCUT2D eigenvalue weighted by atomic mass is 16.5. The van der Waals surface area contributed by atoms with E-state index in [9.17, 15) is 9.90 Å². The molecule has 4 heteroatoms. The highest BCUT2D eigenvalue weighted by molar-refractivity contribution is 5.69. The second-order valence-electron chi connectivity index (χ2n) is 3.15. The molecule has 2 N–H and O–H groups in total. The predicted molar refractivity (Wildman–Crippen MR) is 50.4 cm³/mol. The molecule has 0 saturated heterocycles. The molecule has 0 aliphatic carbocycles. The van der Waals surface area contributed by atoms with E-state index in [1.54, 1.807) is 0 Å². The summed E-state index contributed by atoms with van der Waals surface area (Å²) in [5.41, 5.74) is 0. The molecule has 0 fully saturated rings. The first-order chi connectivity index (χ1) is 6.10. The van der Waals surface area contributed by atoms with Crippen molar-refractivity contribution in [2.75, 3.05) is 13.7 Å². The molecule has 0 aromatic heterocycles. The van der Waals surface area contributed by atoms with Crippen molar-refractivity contribution >= 4 is 5.97 Å². The summed E-state index contributed by atoms with van der Waals surface area (Å²) in [4.78, 5) is 10.7. The number of aliphatic hydroxyl groups is 1. The Morgan fingerprint density at radius 1 is 1.62 bits per heavy atom. The van der Waals surface area contributed by atoms with Gasteiger partial charge in [-0.2, -0.15) is 0 Å². The van der Waals surface area contributed by atoms with Gasteiger partial charge in [0.2, 0.25) is 0 Å². The number of nitrogens with one attached hydrogen (secondary N) is 1. The first kappa shape index (κ1) is 12.4. The van der Waals surface area contributed by atoms with E-state index in [-0.39, 0.29) is 12.4 Å². The molecule has 0 bridgehead atoms. The molecule has 0 aliphatic rings. The quantitative estimate of drug-likeness (QED) is 0.590. The summed E-state index contributed by atoms with van der Waals surface area (Å²) in [5, 5.41) is 12.4. The number of aliphatic hydroxyl groups excluding tert-OH is 1. The maximum absolute atomic E-state index is 10.7. The number of ether oxygens (including phenoxy) is 1. The van der Waals surface area contributed by atoms with Crippen molar-refractivity contribution in [3.05, 3.63) is 0 Å². The van der Waals surface area contributed by atoms with Gasteiger partial charge in [-0.1, -0.05) is 6.92 Å². The molecule has 0 aromatic carbocycles.